The predicted molar refractivity (Wildman–Crippen MR) is 136 cm³/mol. The van der Waals surface area contributed by atoms with Gasteiger partial charge in [-0.3, -0.25) is 19.2 Å². The molecule has 206 valence electrons. The Hall–Kier alpha value is -3.67. The van der Waals surface area contributed by atoms with Crippen molar-refractivity contribution in [3.8, 4) is 5.75 Å². The number of carbonyl (C=O) groups is 5. The third-order valence-electron chi connectivity index (χ3n) is 6.38. The van der Waals surface area contributed by atoms with E-state index in [0.29, 0.717) is 18.4 Å². The molecule has 0 aliphatic rings. The second-order valence-electron chi connectivity index (χ2n) is 9.28. The lowest BCUT2D eigenvalue weighted by Gasteiger charge is -2.27. The first-order valence-electron chi connectivity index (χ1n) is 12.3. The van der Waals surface area contributed by atoms with Crippen LogP contribution in [0.5, 0.6) is 5.75 Å². The Bertz CT molecular complexity index is 953. The Kier molecular flexibility index (Phi) is 12.5. The molecule has 0 heterocycles. The quantitative estimate of drug-likeness (QED) is 0.163. The maximum absolute atomic E-state index is 13.3. The van der Waals surface area contributed by atoms with Crippen molar-refractivity contribution in [2.75, 3.05) is 0 Å². The number of primary amides is 1. The standard InChI is InChI=1S/C25H39N5O7/c1-5-13(3)20(27)24(35)29-17(11-15-7-9-16(31)10-8-15)22(33)28-18(12-19(26)32)23(34)30-21(25(36)37)14(4)6-2/h7-10,13-14,17-18,20-21,31H,5-6,11-12,27H2,1-4H3,(H2,26,32)(H,28,33)(H,29,35)(H,30,34)(H,36,37). The Balaban J connectivity index is 3.19. The van der Waals surface area contributed by atoms with Gasteiger partial charge in [0.1, 0.15) is 23.9 Å². The van der Waals surface area contributed by atoms with Crippen LogP contribution in [0.1, 0.15) is 52.5 Å². The molecule has 6 atom stereocenters. The van der Waals surface area contributed by atoms with Crippen molar-refractivity contribution in [2.24, 2.45) is 23.3 Å². The first kappa shape index (κ1) is 31.4. The molecule has 0 radical (unpaired) electrons. The number of nitrogens with two attached hydrogens (primary N) is 2. The number of nitrogens with one attached hydrogen (secondary N) is 3. The van der Waals surface area contributed by atoms with Gasteiger partial charge in [0.2, 0.25) is 23.6 Å². The van der Waals surface area contributed by atoms with Crippen molar-refractivity contribution >= 4 is 29.6 Å². The molecule has 0 bridgehead atoms. The second-order valence-corrected chi connectivity index (χ2v) is 9.28. The summed E-state index contributed by atoms with van der Waals surface area (Å²) in [5.41, 5.74) is 11.9. The van der Waals surface area contributed by atoms with E-state index in [4.69, 9.17) is 11.5 Å². The lowest BCUT2D eigenvalue weighted by molar-refractivity contribution is -0.144. The molecule has 0 fully saturated rings. The van der Waals surface area contributed by atoms with E-state index < -0.39 is 66.1 Å². The molecule has 37 heavy (non-hydrogen) atoms. The van der Waals surface area contributed by atoms with E-state index in [1.165, 1.54) is 12.1 Å². The summed E-state index contributed by atoms with van der Waals surface area (Å²) in [6.07, 6.45) is 0.490. The largest absolute Gasteiger partial charge is 0.508 e. The molecule has 6 unspecified atom stereocenters. The SMILES string of the molecule is CCC(C)C(N)C(=O)NC(Cc1ccc(O)cc1)C(=O)NC(CC(N)=O)C(=O)NC(C(=O)O)C(C)CC. The molecule has 12 nitrogen and oxygen atoms in total. The minimum absolute atomic E-state index is 0.0133. The molecule has 0 spiro atoms. The summed E-state index contributed by atoms with van der Waals surface area (Å²) in [5, 5.41) is 26.4. The minimum atomic E-state index is -1.47. The molecule has 0 aliphatic carbocycles. The zero-order valence-electron chi connectivity index (χ0n) is 21.7. The molecule has 0 saturated heterocycles. The number of hydrogen-bond donors (Lipinski definition) is 7. The zero-order chi connectivity index (χ0) is 28.3. The average Bonchev–Trinajstić information content (AvgIpc) is 2.85. The van der Waals surface area contributed by atoms with Gasteiger partial charge in [-0.2, -0.15) is 0 Å². The summed E-state index contributed by atoms with van der Waals surface area (Å²) in [4.78, 5) is 62.2. The molecule has 4 amide bonds. The maximum atomic E-state index is 13.3. The fraction of sp³-hybridized carbons (Fsp3) is 0.560. The van der Waals surface area contributed by atoms with Gasteiger partial charge in [-0.25, -0.2) is 4.79 Å². The Morgan fingerprint density at radius 1 is 0.838 bits per heavy atom. The number of aliphatic carboxylic acids is 1. The fourth-order valence-corrected chi connectivity index (χ4v) is 3.48. The van der Waals surface area contributed by atoms with Crippen LogP contribution < -0.4 is 27.4 Å². The van der Waals surface area contributed by atoms with Crippen molar-refractivity contribution in [1.29, 1.82) is 0 Å². The van der Waals surface area contributed by atoms with Gasteiger partial charge in [-0.15, -0.1) is 0 Å². The Labute approximate surface area is 216 Å². The molecular formula is C25H39N5O7. The molecule has 0 saturated carbocycles. The number of carbonyl (C=O) groups excluding carboxylic acids is 4. The molecule has 1 aromatic carbocycles. The Morgan fingerprint density at radius 3 is 1.84 bits per heavy atom. The van der Waals surface area contributed by atoms with Crippen molar-refractivity contribution in [3.63, 3.8) is 0 Å². The van der Waals surface area contributed by atoms with Crippen molar-refractivity contribution in [1.82, 2.24) is 16.0 Å². The van der Waals surface area contributed by atoms with E-state index in [2.05, 4.69) is 16.0 Å². The summed E-state index contributed by atoms with van der Waals surface area (Å²) in [5.74, 6) is -5.00. The van der Waals surface area contributed by atoms with E-state index >= 15 is 0 Å². The van der Waals surface area contributed by atoms with Gasteiger partial charge < -0.3 is 37.6 Å². The second kappa shape index (κ2) is 14.8. The van der Waals surface area contributed by atoms with E-state index in [1.807, 2.05) is 6.92 Å². The van der Waals surface area contributed by atoms with Gasteiger partial charge in [-0.1, -0.05) is 52.7 Å². The van der Waals surface area contributed by atoms with E-state index in [9.17, 15) is 34.2 Å². The van der Waals surface area contributed by atoms with Gasteiger partial charge in [0, 0.05) is 6.42 Å². The van der Waals surface area contributed by atoms with E-state index in [-0.39, 0.29) is 18.1 Å². The Morgan fingerprint density at radius 2 is 1.35 bits per heavy atom. The number of carboxylic acid groups (broad SMARTS) is 1. The highest BCUT2D eigenvalue weighted by molar-refractivity contribution is 5.96. The summed E-state index contributed by atoms with van der Waals surface area (Å²) >= 11 is 0. The number of hydrogen-bond acceptors (Lipinski definition) is 7. The summed E-state index contributed by atoms with van der Waals surface area (Å²) in [6.45, 7) is 7.07. The predicted octanol–water partition coefficient (Wildman–Crippen LogP) is -0.231. The van der Waals surface area contributed by atoms with Crippen molar-refractivity contribution in [2.45, 2.75) is 77.5 Å². The van der Waals surface area contributed by atoms with Crippen LogP contribution in [0, 0.1) is 11.8 Å². The molecular weight excluding hydrogens is 482 g/mol. The lowest BCUT2D eigenvalue weighted by atomic mass is 9.97. The number of benzene rings is 1. The molecule has 0 aromatic heterocycles. The number of rotatable bonds is 15. The van der Waals surface area contributed by atoms with E-state index in [1.54, 1.807) is 32.9 Å². The smallest absolute Gasteiger partial charge is 0.326 e. The van der Waals surface area contributed by atoms with Crippen LogP contribution >= 0.6 is 0 Å². The summed E-state index contributed by atoms with van der Waals surface area (Å²) < 4.78 is 0. The fourth-order valence-electron chi connectivity index (χ4n) is 3.48. The minimum Gasteiger partial charge on any atom is -0.508 e. The monoisotopic (exact) mass is 521 g/mol. The number of phenols is 1. The number of amides is 4. The third-order valence-corrected chi connectivity index (χ3v) is 6.38. The lowest BCUT2D eigenvalue weighted by Crippen LogP contribution is -2.59. The van der Waals surface area contributed by atoms with E-state index in [0.717, 1.165) is 0 Å². The van der Waals surface area contributed by atoms with Crippen molar-refractivity contribution < 1.29 is 34.2 Å². The van der Waals surface area contributed by atoms with Crippen LogP contribution in [0.15, 0.2) is 24.3 Å². The van der Waals surface area contributed by atoms with Crippen LogP contribution in [0.4, 0.5) is 0 Å². The highest BCUT2D eigenvalue weighted by atomic mass is 16.4. The first-order chi connectivity index (χ1) is 17.3. The van der Waals surface area contributed by atoms with Gasteiger partial charge in [0.25, 0.3) is 0 Å². The molecule has 1 aromatic rings. The molecule has 1 rings (SSSR count). The van der Waals surface area contributed by atoms with Gasteiger partial charge in [0.05, 0.1) is 12.5 Å². The number of carboxylic acids is 1. The third kappa shape index (κ3) is 10.1. The zero-order valence-corrected chi connectivity index (χ0v) is 21.7. The molecule has 12 heteroatoms. The van der Waals surface area contributed by atoms with Gasteiger partial charge >= 0.3 is 5.97 Å². The van der Waals surface area contributed by atoms with Crippen LogP contribution in [0.3, 0.4) is 0 Å². The molecule has 9 N–H and O–H groups in total. The highest BCUT2D eigenvalue weighted by Gasteiger charge is 2.33. The topological polar surface area (TPSA) is 214 Å². The van der Waals surface area contributed by atoms with Crippen LogP contribution in [-0.4, -0.2) is 64.0 Å². The van der Waals surface area contributed by atoms with Gasteiger partial charge in [0.15, 0.2) is 0 Å². The van der Waals surface area contributed by atoms with Crippen LogP contribution in [0.25, 0.3) is 0 Å². The maximum Gasteiger partial charge on any atom is 0.326 e. The first-order valence-corrected chi connectivity index (χ1v) is 12.3. The highest BCUT2D eigenvalue weighted by Crippen LogP contribution is 2.13. The summed E-state index contributed by atoms with van der Waals surface area (Å²) in [6, 6.07) is 1.16. The number of phenolic OH excluding ortho intramolecular Hbond substituents is 1. The van der Waals surface area contributed by atoms with Crippen LogP contribution in [0.2, 0.25) is 0 Å². The normalized spacial score (nSPS) is 15.8. The average molecular weight is 522 g/mol. The molecule has 0 aliphatic heterocycles. The number of aromatic hydroxyl groups is 1. The summed E-state index contributed by atoms with van der Waals surface area (Å²) in [7, 11) is 0. The van der Waals surface area contributed by atoms with Crippen molar-refractivity contribution in [3.05, 3.63) is 29.8 Å². The van der Waals surface area contributed by atoms with Crippen LogP contribution in [-0.2, 0) is 30.4 Å². The van der Waals surface area contributed by atoms with Gasteiger partial charge in [-0.05, 0) is 29.5 Å².